The van der Waals surface area contributed by atoms with E-state index in [1.807, 2.05) is 4.90 Å². The molecule has 104 valence electrons. The number of hydrogen-bond donors (Lipinski definition) is 1. The Kier molecular flexibility index (Phi) is 3.24. The molecule has 19 heavy (non-hydrogen) atoms. The van der Waals surface area contributed by atoms with Crippen LogP contribution >= 0.6 is 0 Å². The van der Waals surface area contributed by atoms with Crippen molar-refractivity contribution in [2.75, 3.05) is 39.8 Å². The van der Waals surface area contributed by atoms with Crippen LogP contribution in [0.5, 0.6) is 0 Å². The summed E-state index contributed by atoms with van der Waals surface area (Å²) in [4.78, 5) is 16.5. The lowest BCUT2D eigenvalue weighted by molar-refractivity contribution is 0.0566. The van der Waals surface area contributed by atoms with Crippen molar-refractivity contribution < 1.29 is 4.79 Å². The molecule has 1 N–H and O–H groups in total. The van der Waals surface area contributed by atoms with Crippen molar-refractivity contribution in [3.05, 3.63) is 11.9 Å². The summed E-state index contributed by atoms with van der Waals surface area (Å²) in [5.41, 5.74) is 0.462. The van der Waals surface area contributed by atoms with Crippen LogP contribution in [0.1, 0.15) is 23.5 Å². The van der Waals surface area contributed by atoms with Gasteiger partial charge in [-0.15, -0.1) is 5.10 Å². The van der Waals surface area contributed by atoms with Crippen LogP contribution in [0.4, 0.5) is 0 Å². The zero-order chi connectivity index (χ0) is 13.4. The number of nitrogens with zero attached hydrogens (tertiary/aromatic N) is 5. The van der Waals surface area contributed by atoms with Crippen molar-refractivity contribution in [2.45, 2.75) is 19.0 Å². The quantitative estimate of drug-likeness (QED) is 0.757. The van der Waals surface area contributed by atoms with Crippen molar-refractivity contribution in [3.63, 3.8) is 0 Å². The van der Waals surface area contributed by atoms with Gasteiger partial charge in [-0.1, -0.05) is 5.21 Å². The number of rotatable bonds is 2. The third-order valence-corrected chi connectivity index (χ3v) is 4.11. The van der Waals surface area contributed by atoms with Crippen molar-refractivity contribution in [1.82, 2.24) is 30.1 Å². The van der Waals surface area contributed by atoms with E-state index in [1.54, 1.807) is 10.9 Å². The highest BCUT2D eigenvalue weighted by Crippen LogP contribution is 2.13. The summed E-state index contributed by atoms with van der Waals surface area (Å²) in [6, 6.07) is 0.740. The molecule has 0 bridgehead atoms. The Morgan fingerprint density at radius 2 is 2.21 bits per heavy atom. The topological polar surface area (TPSA) is 66.3 Å². The third kappa shape index (κ3) is 2.35. The van der Waals surface area contributed by atoms with Gasteiger partial charge >= 0.3 is 0 Å². The standard InChI is InChI=1S/C12H20N6O/c1-9-7-17(4-3-16(9)2)12(19)11-8-18(15-14-11)10-5-13-6-10/h8-10,13H,3-7H2,1-2H3. The lowest BCUT2D eigenvalue weighted by atomic mass is 10.2. The summed E-state index contributed by atoms with van der Waals surface area (Å²) in [5, 5.41) is 11.3. The molecule has 3 rings (SSSR count). The van der Waals surface area contributed by atoms with Crippen LogP contribution in [-0.4, -0.2) is 76.5 Å². The van der Waals surface area contributed by atoms with Crippen LogP contribution < -0.4 is 5.32 Å². The second kappa shape index (κ2) is 4.90. The Morgan fingerprint density at radius 3 is 2.84 bits per heavy atom. The van der Waals surface area contributed by atoms with Crippen LogP contribution in [0.15, 0.2) is 6.20 Å². The third-order valence-electron chi connectivity index (χ3n) is 4.11. The van der Waals surface area contributed by atoms with E-state index in [4.69, 9.17) is 0 Å². The first-order chi connectivity index (χ1) is 9.15. The van der Waals surface area contributed by atoms with Crippen LogP contribution in [0.3, 0.4) is 0 Å². The van der Waals surface area contributed by atoms with E-state index < -0.39 is 0 Å². The molecule has 1 atom stereocenters. The van der Waals surface area contributed by atoms with Gasteiger partial charge in [0.05, 0.1) is 12.2 Å². The van der Waals surface area contributed by atoms with E-state index in [9.17, 15) is 4.79 Å². The molecular weight excluding hydrogens is 244 g/mol. The predicted octanol–water partition coefficient (Wildman–Crippen LogP) is -0.801. The Morgan fingerprint density at radius 1 is 1.42 bits per heavy atom. The zero-order valence-electron chi connectivity index (χ0n) is 11.4. The Hall–Kier alpha value is -1.47. The Balaban J connectivity index is 1.67. The minimum absolute atomic E-state index is 0.00140. The molecule has 2 aliphatic heterocycles. The molecular formula is C12H20N6O. The van der Waals surface area contributed by atoms with Crippen LogP contribution in [0, 0.1) is 0 Å². The van der Waals surface area contributed by atoms with Gasteiger partial charge in [0.2, 0.25) is 0 Å². The van der Waals surface area contributed by atoms with Gasteiger partial charge in [-0.05, 0) is 14.0 Å². The first kappa shape index (κ1) is 12.6. The number of carbonyl (C=O) groups is 1. The molecule has 1 aromatic rings. The average molecular weight is 264 g/mol. The van der Waals surface area contributed by atoms with E-state index in [0.717, 1.165) is 32.7 Å². The molecule has 0 aliphatic carbocycles. The van der Waals surface area contributed by atoms with E-state index in [2.05, 4.69) is 34.5 Å². The minimum atomic E-state index is -0.00140. The maximum Gasteiger partial charge on any atom is 0.276 e. The molecule has 3 heterocycles. The first-order valence-electron chi connectivity index (χ1n) is 6.77. The van der Waals surface area contributed by atoms with Crippen molar-refractivity contribution >= 4 is 5.91 Å². The molecule has 2 saturated heterocycles. The maximum absolute atomic E-state index is 12.4. The second-order valence-electron chi connectivity index (χ2n) is 5.48. The van der Waals surface area contributed by atoms with Crippen molar-refractivity contribution in [1.29, 1.82) is 0 Å². The molecule has 0 spiro atoms. The molecule has 1 unspecified atom stereocenters. The van der Waals surface area contributed by atoms with Crippen LogP contribution in [0.25, 0.3) is 0 Å². The largest absolute Gasteiger partial charge is 0.334 e. The van der Waals surface area contributed by atoms with Gasteiger partial charge in [0, 0.05) is 38.8 Å². The predicted molar refractivity (Wildman–Crippen MR) is 69.9 cm³/mol. The lowest BCUT2D eigenvalue weighted by Crippen LogP contribution is -2.52. The maximum atomic E-state index is 12.4. The SMILES string of the molecule is CC1CN(C(=O)c2cn(C3CNC3)nn2)CCN1C. The van der Waals surface area contributed by atoms with Gasteiger partial charge < -0.3 is 15.1 Å². The highest BCUT2D eigenvalue weighted by atomic mass is 16.2. The van der Waals surface area contributed by atoms with E-state index in [0.29, 0.717) is 17.8 Å². The summed E-state index contributed by atoms with van der Waals surface area (Å²) in [6.07, 6.45) is 1.77. The number of hydrogen-bond acceptors (Lipinski definition) is 5. The summed E-state index contributed by atoms with van der Waals surface area (Å²) >= 11 is 0. The molecule has 1 aromatic heterocycles. The number of aromatic nitrogens is 3. The zero-order valence-corrected chi connectivity index (χ0v) is 11.4. The minimum Gasteiger partial charge on any atom is -0.334 e. The number of nitrogens with one attached hydrogen (secondary N) is 1. The summed E-state index contributed by atoms with van der Waals surface area (Å²) in [5.74, 6) is -0.00140. The molecule has 1 amide bonds. The van der Waals surface area contributed by atoms with E-state index in [-0.39, 0.29) is 5.91 Å². The first-order valence-corrected chi connectivity index (χ1v) is 6.77. The molecule has 2 fully saturated rings. The second-order valence-corrected chi connectivity index (χ2v) is 5.48. The van der Waals surface area contributed by atoms with Gasteiger partial charge in [-0.2, -0.15) is 0 Å². The number of carbonyl (C=O) groups excluding carboxylic acids is 1. The Bertz CT molecular complexity index is 469. The van der Waals surface area contributed by atoms with Crippen LogP contribution in [-0.2, 0) is 0 Å². The van der Waals surface area contributed by atoms with Gasteiger partial charge in [0.15, 0.2) is 5.69 Å². The summed E-state index contributed by atoms with van der Waals surface area (Å²) in [7, 11) is 2.09. The molecule has 0 saturated carbocycles. The summed E-state index contributed by atoms with van der Waals surface area (Å²) in [6.45, 7) is 6.37. The Labute approximate surface area is 112 Å². The highest BCUT2D eigenvalue weighted by Gasteiger charge is 2.28. The van der Waals surface area contributed by atoms with Crippen LogP contribution in [0.2, 0.25) is 0 Å². The monoisotopic (exact) mass is 264 g/mol. The van der Waals surface area contributed by atoms with E-state index in [1.165, 1.54) is 0 Å². The van der Waals surface area contributed by atoms with Crippen molar-refractivity contribution in [3.8, 4) is 0 Å². The fourth-order valence-corrected chi connectivity index (χ4v) is 2.41. The van der Waals surface area contributed by atoms with Gasteiger partial charge in [0.25, 0.3) is 5.91 Å². The average Bonchev–Trinajstić information content (AvgIpc) is 2.79. The molecule has 7 nitrogen and oxygen atoms in total. The smallest absolute Gasteiger partial charge is 0.276 e. The normalized spacial score (nSPS) is 25.4. The number of likely N-dealkylation sites (N-methyl/N-ethyl adjacent to an activating group) is 1. The van der Waals surface area contributed by atoms with E-state index >= 15 is 0 Å². The fraction of sp³-hybridized carbons (Fsp3) is 0.750. The number of amides is 1. The van der Waals surface area contributed by atoms with Gasteiger partial charge in [0.1, 0.15) is 0 Å². The fourth-order valence-electron chi connectivity index (χ4n) is 2.41. The molecule has 0 radical (unpaired) electrons. The van der Waals surface area contributed by atoms with Gasteiger partial charge in [-0.25, -0.2) is 4.68 Å². The number of piperazine rings is 1. The lowest BCUT2D eigenvalue weighted by Gasteiger charge is -2.37. The highest BCUT2D eigenvalue weighted by molar-refractivity contribution is 5.92. The summed E-state index contributed by atoms with van der Waals surface area (Å²) < 4.78 is 1.79. The molecule has 7 heteroatoms. The molecule has 0 aromatic carbocycles. The van der Waals surface area contributed by atoms with Crippen molar-refractivity contribution in [2.24, 2.45) is 0 Å². The molecule has 2 aliphatic rings. The van der Waals surface area contributed by atoms with Gasteiger partial charge in [-0.3, -0.25) is 4.79 Å².